The van der Waals surface area contributed by atoms with Crippen molar-refractivity contribution in [2.24, 2.45) is 0 Å². The molecule has 0 radical (unpaired) electrons. The van der Waals surface area contributed by atoms with Crippen LogP contribution in [0.1, 0.15) is 23.4 Å². The van der Waals surface area contributed by atoms with Gasteiger partial charge < -0.3 is 11.1 Å². The molecule has 0 amide bonds. The van der Waals surface area contributed by atoms with Crippen LogP contribution in [-0.4, -0.2) is 16.3 Å². The van der Waals surface area contributed by atoms with Crippen LogP contribution in [0.15, 0.2) is 24.3 Å². The van der Waals surface area contributed by atoms with Gasteiger partial charge in [0.05, 0.1) is 22.6 Å². The predicted octanol–water partition coefficient (Wildman–Crippen LogP) is 2.46. The lowest BCUT2D eigenvalue weighted by Gasteiger charge is -2.10. The molecule has 0 unspecified atom stereocenters. The summed E-state index contributed by atoms with van der Waals surface area (Å²) in [6.07, 6.45) is 0.943. The van der Waals surface area contributed by atoms with E-state index in [2.05, 4.69) is 29.5 Å². The molecular weight excluding hydrogens is 250 g/mol. The Balaban J connectivity index is 1.88. The average molecular weight is 269 g/mol. The number of benzene rings is 1. The zero-order valence-corrected chi connectivity index (χ0v) is 11.8. The summed E-state index contributed by atoms with van der Waals surface area (Å²) >= 11 is 0. The maximum absolute atomic E-state index is 8.93. The topological polar surface area (TPSA) is 79.7 Å². The smallest absolute Gasteiger partial charge is 0.101 e. The summed E-state index contributed by atoms with van der Waals surface area (Å²) in [5.74, 6) is 0. The zero-order chi connectivity index (χ0) is 14.5. The predicted molar refractivity (Wildman–Crippen MR) is 80.4 cm³/mol. The monoisotopic (exact) mass is 269 g/mol. The molecule has 1 heterocycles. The molecule has 1 aromatic heterocycles. The number of hydrogen-bond acceptors (Lipinski definition) is 4. The van der Waals surface area contributed by atoms with Crippen LogP contribution in [0, 0.1) is 25.2 Å². The number of nitriles is 1. The van der Waals surface area contributed by atoms with E-state index in [4.69, 9.17) is 11.0 Å². The number of aryl methyl sites for hydroxylation is 3. The van der Waals surface area contributed by atoms with Gasteiger partial charge in [-0.3, -0.25) is 4.68 Å². The summed E-state index contributed by atoms with van der Waals surface area (Å²) in [7, 11) is 0. The first-order valence-corrected chi connectivity index (χ1v) is 6.65. The van der Waals surface area contributed by atoms with Gasteiger partial charge in [-0.15, -0.1) is 0 Å². The number of rotatable bonds is 5. The van der Waals surface area contributed by atoms with Gasteiger partial charge in [0.15, 0.2) is 0 Å². The lowest BCUT2D eigenvalue weighted by Crippen LogP contribution is -2.10. The van der Waals surface area contributed by atoms with E-state index in [1.807, 2.05) is 23.7 Å². The maximum atomic E-state index is 8.93. The van der Waals surface area contributed by atoms with Gasteiger partial charge in [-0.05, 0) is 38.5 Å². The minimum atomic E-state index is 0.508. The first kappa shape index (κ1) is 13.9. The number of para-hydroxylation sites is 1. The van der Waals surface area contributed by atoms with E-state index >= 15 is 0 Å². The van der Waals surface area contributed by atoms with E-state index < -0.39 is 0 Å². The van der Waals surface area contributed by atoms with Crippen LogP contribution in [0.3, 0.4) is 0 Å². The molecule has 2 rings (SSSR count). The number of nitrogens with one attached hydrogen (secondary N) is 1. The average Bonchev–Trinajstić information content (AvgIpc) is 2.74. The molecule has 1 aromatic carbocycles. The molecule has 0 aliphatic heterocycles. The third-order valence-corrected chi connectivity index (χ3v) is 3.19. The summed E-state index contributed by atoms with van der Waals surface area (Å²) < 4.78 is 2.01. The van der Waals surface area contributed by atoms with Crippen molar-refractivity contribution in [1.29, 1.82) is 5.26 Å². The molecule has 5 heteroatoms. The van der Waals surface area contributed by atoms with Crippen molar-refractivity contribution < 1.29 is 0 Å². The molecule has 3 N–H and O–H groups in total. The van der Waals surface area contributed by atoms with E-state index in [0.717, 1.165) is 30.9 Å². The summed E-state index contributed by atoms with van der Waals surface area (Å²) in [4.78, 5) is 0. The Bertz CT molecular complexity index is 636. The molecule has 20 heavy (non-hydrogen) atoms. The van der Waals surface area contributed by atoms with Crippen LogP contribution < -0.4 is 11.1 Å². The standard InChI is InChI=1S/C15H19N5/c1-11-9-12(2)20(19-11)8-4-7-18-14-6-3-5-13(10-16)15(14)17/h3,5-6,9,18H,4,7-8,17H2,1-2H3. The first-order chi connectivity index (χ1) is 9.61. The molecule has 0 bridgehead atoms. The van der Waals surface area contributed by atoms with Crippen LogP contribution in [-0.2, 0) is 6.54 Å². The van der Waals surface area contributed by atoms with Gasteiger partial charge in [-0.25, -0.2) is 0 Å². The van der Waals surface area contributed by atoms with Crippen molar-refractivity contribution in [2.75, 3.05) is 17.6 Å². The highest BCUT2D eigenvalue weighted by molar-refractivity contribution is 5.72. The highest BCUT2D eigenvalue weighted by atomic mass is 15.3. The van der Waals surface area contributed by atoms with Crippen molar-refractivity contribution in [2.45, 2.75) is 26.8 Å². The Kier molecular flexibility index (Phi) is 4.26. The van der Waals surface area contributed by atoms with E-state index in [0.29, 0.717) is 11.3 Å². The number of nitrogens with zero attached hydrogens (tertiary/aromatic N) is 3. The molecule has 0 spiro atoms. The normalized spacial score (nSPS) is 10.2. The summed E-state index contributed by atoms with van der Waals surface area (Å²) in [6.45, 7) is 5.71. The van der Waals surface area contributed by atoms with Gasteiger partial charge in [-0.2, -0.15) is 10.4 Å². The molecule has 0 atom stereocenters. The molecule has 0 aliphatic carbocycles. The lowest BCUT2D eigenvalue weighted by atomic mass is 10.1. The van der Waals surface area contributed by atoms with Crippen LogP contribution in [0.4, 0.5) is 11.4 Å². The van der Waals surface area contributed by atoms with Gasteiger partial charge in [-0.1, -0.05) is 6.07 Å². The fourth-order valence-corrected chi connectivity index (χ4v) is 2.17. The number of nitrogen functional groups attached to an aromatic ring is 1. The second kappa shape index (κ2) is 6.11. The Morgan fingerprint density at radius 3 is 2.85 bits per heavy atom. The third-order valence-electron chi connectivity index (χ3n) is 3.19. The van der Waals surface area contributed by atoms with Gasteiger partial charge in [0.1, 0.15) is 6.07 Å². The Labute approximate surface area is 119 Å². The largest absolute Gasteiger partial charge is 0.396 e. The van der Waals surface area contributed by atoms with Crippen molar-refractivity contribution in [1.82, 2.24) is 9.78 Å². The highest BCUT2D eigenvalue weighted by Gasteiger charge is 2.04. The van der Waals surface area contributed by atoms with E-state index in [-0.39, 0.29) is 0 Å². The molecule has 0 aliphatic rings. The summed E-state index contributed by atoms with van der Waals surface area (Å²) in [5, 5.41) is 16.6. The Morgan fingerprint density at radius 2 is 2.20 bits per heavy atom. The van der Waals surface area contributed by atoms with Crippen LogP contribution in [0.25, 0.3) is 0 Å². The minimum absolute atomic E-state index is 0.508. The fraction of sp³-hybridized carbons (Fsp3) is 0.333. The number of anilines is 2. The van der Waals surface area contributed by atoms with Crippen LogP contribution in [0.2, 0.25) is 0 Å². The molecule has 0 saturated heterocycles. The van der Waals surface area contributed by atoms with Gasteiger partial charge in [0.2, 0.25) is 0 Å². The van der Waals surface area contributed by atoms with Gasteiger partial charge in [0, 0.05) is 18.8 Å². The molecule has 0 fully saturated rings. The molecular formula is C15H19N5. The Hall–Kier alpha value is -2.48. The maximum Gasteiger partial charge on any atom is 0.101 e. The van der Waals surface area contributed by atoms with E-state index in [1.54, 1.807) is 6.07 Å². The molecule has 0 saturated carbocycles. The van der Waals surface area contributed by atoms with E-state index in [1.165, 1.54) is 5.69 Å². The van der Waals surface area contributed by atoms with E-state index in [9.17, 15) is 0 Å². The molecule has 2 aromatic rings. The quantitative estimate of drug-likeness (QED) is 0.645. The second-order valence-corrected chi connectivity index (χ2v) is 4.81. The fourth-order valence-electron chi connectivity index (χ4n) is 2.17. The first-order valence-electron chi connectivity index (χ1n) is 6.65. The summed E-state index contributed by atoms with van der Waals surface area (Å²) in [5.41, 5.74) is 9.97. The van der Waals surface area contributed by atoms with Crippen molar-refractivity contribution >= 4 is 11.4 Å². The summed E-state index contributed by atoms with van der Waals surface area (Å²) in [6, 6.07) is 9.59. The Morgan fingerprint density at radius 1 is 1.40 bits per heavy atom. The molecule has 104 valence electrons. The lowest BCUT2D eigenvalue weighted by molar-refractivity contribution is 0.574. The van der Waals surface area contributed by atoms with Crippen LogP contribution >= 0.6 is 0 Å². The number of hydrogen-bond donors (Lipinski definition) is 2. The van der Waals surface area contributed by atoms with Crippen molar-refractivity contribution in [3.8, 4) is 6.07 Å². The number of nitrogens with two attached hydrogens (primary N) is 1. The van der Waals surface area contributed by atoms with Gasteiger partial charge >= 0.3 is 0 Å². The van der Waals surface area contributed by atoms with Crippen molar-refractivity contribution in [3.63, 3.8) is 0 Å². The minimum Gasteiger partial charge on any atom is -0.396 e. The number of aromatic nitrogens is 2. The zero-order valence-electron chi connectivity index (χ0n) is 11.8. The molecule has 5 nitrogen and oxygen atoms in total. The van der Waals surface area contributed by atoms with Gasteiger partial charge in [0.25, 0.3) is 0 Å². The SMILES string of the molecule is Cc1cc(C)n(CCCNc2cccc(C#N)c2N)n1. The third kappa shape index (κ3) is 3.09. The second-order valence-electron chi connectivity index (χ2n) is 4.81. The highest BCUT2D eigenvalue weighted by Crippen LogP contribution is 2.21. The van der Waals surface area contributed by atoms with Crippen LogP contribution in [0.5, 0.6) is 0 Å². The van der Waals surface area contributed by atoms with Crippen molar-refractivity contribution in [3.05, 3.63) is 41.2 Å².